The third-order valence-corrected chi connectivity index (χ3v) is 7.25. The van der Waals surface area contributed by atoms with E-state index < -0.39 is 29.7 Å². The fraction of sp³-hybridized carbons (Fsp3) is 0.393. The zero-order valence-electron chi connectivity index (χ0n) is 20.5. The van der Waals surface area contributed by atoms with Gasteiger partial charge in [0, 0.05) is 25.6 Å². The number of para-hydroxylation sites is 1. The summed E-state index contributed by atoms with van der Waals surface area (Å²) in [4.78, 5) is 6.25. The fourth-order valence-electron chi connectivity index (χ4n) is 5.22. The quantitative estimate of drug-likeness (QED) is 0.404. The summed E-state index contributed by atoms with van der Waals surface area (Å²) in [6, 6.07) is 17.1. The van der Waals surface area contributed by atoms with Crippen LogP contribution in [0, 0.1) is 11.7 Å². The number of aliphatic hydroxyl groups is 3. The van der Waals surface area contributed by atoms with Gasteiger partial charge in [0.2, 0.25) is 0 Å². The van der Waals surface area contributed by atoms with Gasteiger partial charge in [-0.2, -0.15) is 0 Å². The standard InChI is InChI=1S/C28H31FN2O6/c1-35-20-8-6-18(7-9-20)16-36-21-10-11-23(30-13-21)24(32)15-31-14-19-12-26(27(33)28(19,34)17-31)37-25-5-3-2-4-22(25)29/h2-11,13,19,24,26-27,32-34H,12,14-17H2,1H3/t19-,24+,26+,27+,28-/m0/s1. The predicted octanol–water partition coefficient (Wildman–Crippen LogP) is 2.72. The Labute approximate surface area is 214 Å². The number of β-amino-alcohol motifs (C(OH)–C–C–N with tert-alkyl or cyclic N) is 2. The Morgan fingerprint density at radius 2 is 1.86 bits per heavy atom. The molecule has 9 heteroatoms. The first-order valence-electron chi connectivity index (χ1n) is 12.3. The van der Waals surface area contributed by atoms with E-state index >= 15 is 0 Å². The molecule has 196 valence electrons. The van der Waals surface area contributed by atoms with Crippen molar-refractivity contribution in [1.82, 2.24) is 9.88 Å². The van der Waals surface area contributed by atoms with Crippen molar-refractivity contribution >= 4 is 0 Å². The maximum Gasteiger partial charge on any atom is 0.165 e. The third kappa shape index (κ3) is 5.40. The summed E-state index contributed by atoms with van der Waals surface area (Å²) in [5.74, 6) is 0.662. The molecular formula is C28H31FN2O6. The summed E-state index contributed by atoms with van der Waals surface area (Å²) in [7, 11) is 1.62. The molecule has 0 amide bonds. The lowest BCUT2D eigenvalue weighted by atomic mass is 9.93. The Balaban J connectivity index is 1.13. The Hall–Kier alpha value is -3.24. The first kappa shape index (κ1) is 25.4. The van der Waals surface area contributed by atoms with E-state index in [2.05, 4.69) is 4.98 Å². The lowest BCUT2D eigenvalue weighted by molar-refractivity contribution is -0.0879. The number of pyridine rings is 1. The molecule has 1 saturated heterocycles. The smallest absolute Gasteiger partial charge is 0.165 e. The Bertz CT molecular complexity index is 1190. The summed E-state index contributed by atoms with van der Waals surface area (Å²) in [6.07, 6.45) is -0.786. The number of benzene rings is 2. The molecule has 0 spiro atoms. The second-order valence-electron chi connectivity index (χ2n) is 9.72. The largest absolute Gasteiger partial charge is 0.497 e. The van der Waals surface area contributed by atoms with Crippen molar-refractivity contribution < 1.29 is 33.9 Å². The molecule has 0 unspecified atom stereocenters. The van der Waals surface area contributed by atoms with Crippen LogP contribution in [0.2, 0.25) is 0 Å². The van der Waals surface area contributed by atoms with E-state index in [1.54, 1.807) is 37.6 Å². The van der Waals surface area contributed by atoms with Gasteiger partial charge in [-0.05, 0) is 48.4 Å². The summed E-state index contributed by atoms with van der Waals surface area (Å²) in [5, 5.41) is 32.8. The van der Waals surface area contributed by atoms with Crippen molar-refractivity contribution in [1.29, 1.82) is 0 Å². The van der Waals surface area contributed by atoms with Crippen LogP contribution in [-0.4, -0.2) is 69.8 Å². The van der Waals surface area contributed by atoms with Gasteiger partial charge in [-0.1, -0.05) is 24.3 Å². The highest BCUT2D eigenvalue weighted by Crippen LogP contribution is 2.44. The van der Waals surface area contributed by atoms with E-state index in [1.165, 1.54) is 12.1 Å². The van der Waals surface area contributed by atoms with Gasteiger partial charge in [-0.3, -0.25) is 9.88 Å². The maximum absolute atomic E-state index is 14.0. The second-order valence-corrected chi connectivity index (χ2v) is 9.72. The summed E-state index contributed by atoms with van der Waals surface area (Å²) >= 11 is 0. The monoisotopic (exact) mass is 510 g/mol. The van der Waals surface area contributed by atoms with Crippen molar-refractivity contribution in [2.45, 2.75) is 36.9 Å². The molecule has 8 nitrogen and oxygen atoms in total. The third-order valence-electron chi connectivity index (χ3n) is 7.25. The van der Waals surface area contributed by atoms with E-state index in [4.69, 9.17) is 14.2 Å². The highest BCUT2D eigenvalue weighted by Gasteiger charge is 2.59. The van der Waals surface area contributed by atoms with Crippen LogP contribution in [0.25, 0.3) is 0 Å². The highest BCUT2D eigenvalue weighted by atomic mass is 19.1. The molecule has 5 atom stereocenters. The molecule has 2 heterocycles. The predicted molar refractivity (Wildman–Crippen MR) is 133 cm³/mol. The van der Waals surface area contributed by atoms with Gasteiger partial charge in [0.05, 0.1) is 19.0 Å². The number of methoxy groups -OCH3 is 1. The summed E-state index contributed by atoms with van der Waals surface area (Å²) in [5.41, 5.74) is 0.0932. The van der Waals surface area contributed by atoms with Crippen molar-refractivity contribution in [3.8, 4) is 17.2 Å². The average molecular weight is 511 g/mol. The van der Waals surface area contributed by atoms with Crippen LogP contribution >= 0.6 is 0 Å². The minimum atomic E-state index is -1.39. The molecule has 1 aliphatic heterocycles. The molecule has 2 aromatic carbocycles. The van der Waals surface area contributed by atoms with Crippen LogP contribution in [-0.2, 0) is 6.61 Å². The van der Waals surface area contributed by atoms with Gasteiger partial charge in [0.1, 0.15) is 42.0 Å². The highest BCUT2D eigenvalue weighted by molar-refractivity contribution is 5.28. The van der Waals surface area contributed by atoms with E-state index in [-0.39, 0.29) is 24.8 Å². The average Bonchev–Trinajstić information content (AvgIpc) is 3.34. The molecule has 37 heavy (non-hydrogen) atoms. The number of hydrogen-bond acceptors (Lipinski definition) is 8. The molecule has 1 aromatic heterocycles. The number of aliphatic hydroxyl groups excluding tert-OH is 2. The first-order chi connectivity index (χ1) is 17.9. The van der Waals surface area contributed by atoms with Gasteiger partial charge in [-0.15, -0.1) is 0 Å². The number of ether oxygens (including phenoxy) is 3. The maximum atomic E-state index is 14.0. The molecule has 5 rings (SSSR count). The van der Waals surface area contributed by atoms with Gasteiger partial charge in [-0.25, -0.2) is 4.39 Å². The zero-order chi connectivity index (χ0) is 26.0. The Kier molecular flexibility index (Phi) is 7.30. The number of hydrogen-bond donors (Lipinski definition) is 3. The van der Waals surface area contributed by atoms with Crippen molar-refractivity contribution in [2.24, 2.45) is 5.92 Å². The van der Waals surface area contributed by atoms with E-state index in [9.17, 15) is 19.7 Å². The molecular weight excluding hydrogens is 479 g/mol. The van der Waals surface area contributed by atoms with Gasteiger partial charge < -0.3 is 29.5 Å². The fourth-order valence-corrected chi connectivity index (χ4v) is 5.22. The van der Waals surface area contributed by atoms with Gasteiger partial charge in [0.25, 0.3) is 0 Å². The molecule has 3 aromatic rings. The molecule has 0 bridgehead atoms. The molecule has 3 N–H and O–H groups in total. The van der Waals surface area contributed by atoms with E-state index in [1.807, 2.05) is 29.2 Å². The first-order valence-corrected chi connectivity index (χ1v) is 12.3. The van der Waals surface area contributed by atoms with E-state index in [0.29, 0.717) is 31.0 Å². The SMILES string of the molecule is COc1ccc(COc2ccc([C@H](O)CN3C[C@@H]4C[C@@H](Oc5ccccc5F)[C@@H](O)[C@]4(O)C3)nc2)cc1. The van der Waals surface area contributed by atoms with Crippen LogP contribution in [0.4, 0.5) is 4.39 Å². The number of likely N-dealkylation sites (tertiary alicyclic amines) is 1. The number of rotatable bonds is 9. The van der Waals surface area contributed by atoms with Crippen LogP contribution < -0.4 is 14.2 Å². The molecule has 0 radical (unpaired) electrons. The number of fused-ring (bicyclic) bond motifs is 1. The number of nitrogens with zero attached hydrogens (tertiary/aromatic N) is 2. The van der Waals surface area contributed by atoms with Gasteiger partial charge >= 0.3 is 0 Å². The van der Waals surface area contributed by atoms with Crippen LogP contribution in [0.3, 0.4) is 0 Å². The second kappa shape index (κ2) is 10.6. The van der Waals surface area contributed by atoms with Crippen molar-refractivity contribution in [3.63, 3.8) is 0 Å². The normalized spacial score (nSPS) is 26.0. The Morgan fingerprint density at radius 1 is 1.11 bits per heavy atom. The van der Waals surface area contributed by atoms with Crippen LogP contribution in [0.5, 0.6) is 17.2 Å². The topological polar surface area (TPSA) is 105 Å². The van der Waals surface area contributed by atoms with E-state index in [0.717, 1.165) is 11.3 Å². The molecule has 1 aliphatic carbocycles. The van der Waals surface area contributed by atoms with Crippen LogP contribution in [0.1, 0.15) is 23.8 Å². The minimum absolute atomic E-state index is 0.0601. The lowest BCUT2D eigenvalue weighted by Gasteiger charge is -2.29. The van der Waals surface area contributed by atoms with Crippen molar-refractivity contribution in [3.05, 3.63) is 83.9 Å². The molecule has 2 aliphatic rings. The van der Waals surface area contributed by atoms with Gasteiger partial charge in [0.15, 0.2) is 11.6 Å². The molecule has 2 fully saturated rings. The molecule has 1 saturated carbocycles. The minimum Gasteiger partial charge on any atom is -0.497 e. The zero-order valence-corrected chi connectivity index (χ0v) is 20.5. The lowest BCUT2D eigenvalue weighted by Crippen LogP contribution is -2.49. The van der Waals surface area contributed by atoms with Crippen molar-refractivity contribution in [2.75, 3.05) is 26.7 Å². The number of aromatic nitrogens is 1. The van der Waals surface area contributed by atoms with Crippen LogP contribution in [0.15, 0.2) is 66.9 Å². The Morgan fingerprint density at radius 3 is 2.54 bits per heavy atom. The number of halogens is 1. The summed E-state index contributed by atoms with van der Waals surface area (Å²) < 4.78 is 30.6. The summed E-state index contributed by atoms with van der Waals surface area (Å²) in [6.45, 7) is 1.29.